The van der Waals surface area contributed by atoms with Gasteiger partial charge in [0.1, 0.15) is 5.75 Å². The molecule has 4 heteroatoms. The average molecular weight is 324 g/mol. The van der Waals surface area contributed by atoms with Crippen molar-refractivity contribution < 1.29 is 4.74 Å². The summed E-state index contributed by atoms with van der Waals surface area (Å²) in [5, 5.41) is 4.70. The minimum Gasteiger partial charge on any atom is -0.494 e. The monoisotopic (exact) mass is 323 g/mol. The van der Waals surface area contributed by atoms with Gasteiger partial charge in [0.2, 0.25) is 0 Å². The van der Waals surface area contributed by atoms with Crippen molar-refractivity contribution in [3.05, 3.63) is 57.6 Å². The molecule has 0 aliphatic carbocycles. The van der Waals surface area contributed by atoms with Crippen LogP contribution in [0.3, 0.4) is 0 Å². The largest absolute Gasteiger partial charge is 0.494 e. The van der Waals surface area contributed by atoms with Crippen molar-refractivity contribution in [2.75, 3.05) is 11.9 Å². The Hall–Kier alpha value is -1.38. The normalized spacial score (nSPS) is 10.5. The van der Waals surface area contributed by atoms with E-state index >= 15 is 0 Å². The van der Waals surface area contributed by atoms with Gasteiger partial charge in [-0.15, -0.1) is 0 Å². The van der Waals surface area contributed by atoms with E-state index in [9.17, 15) is 0 Å². The van der Waals surface area contributed by atoms with Crippen molar-refractivity contribution >= 4 is 28.9 Å². The summed E-state index contributed by atoms with van der Waals surface area (Å²) in [7, 11) is 0. The van der Waals surface area contributed by atoms with Crippen molar-refractivity contribution in [1.29, 1.82) is 0 Å². The van der Waals surface area contributed by atoms with E-state index in [4.69, 9.17) is 27.9 Å². The Morgan fingerprint density at radius 3 is 2.43 bits per heavy atom. The van der Waals surface area contributed by atoms with E-state index in [1.807, 2.05) is 43.3 Å². The van der Waals surface area contributed by atoms with E-state index < -0.39 is 0 Å². The highest BCUT2D eigenvalue weighted by atomic mass is 35.5. The molecule has 0 fully saturated rings. The second-order valence-corrected chi connectivity index (χ2v) is 5.74. The number of aryl methyl sites for hydroxylation is 1. The minimum atomic E-state index is 0.680. The number of halogens is 2. The molecule has 0 radical (unpaired) electrons. The Morgan fingerprint density at radius 2 is 1.76 bits per heavy atom. The number of benzene rings is 2. The van der Waals surface area contributed by atoms with Crippen LogP contribution in [-0.4, -0.2) is 6.61 Å². The number of nitrogens with one attached hydrogen (secondary N) is 1. The maximum Gasteiger partial charge on any atom is 0.119 e. The molecule has 0 amide bonds. The molecule has 21 heavy (non-hydrogen) atoms. The van der Waals surface area contributed by atoms with Gasteiger partial charge in [0.05, 0.1) is 17.3 Å². The highest BCUT2D eigenvalue weighted by Crippen LogP contribution is 2.29. The van der Waals surface area contributed by atoms with Crippen molar-refractivity contribution in [1.82, 2.24) is 0 Å². The summed E-state index contributed by atoms with van der Waals surface area (Å²) in [6.45, 7) is 5.46. The molecule has 0 unspecified atom stereocenters. The lowest BCUT2D eigenvalue weighted by molar-refractivity contribution is 0.317. The molecule has 0 saturated carbocycles. The molecule has 0 saturated heterocycles. The quantitative estimate of drug-likeness (QED) is 0.735. The van der Waals surface area contributed by atoms with Crippen LogP contribution in [0.25, 0.3) is 0 Å². The second kappa shape index (κ2) is 7.58. The van der Waals surface area contributed by atoms with Crippen LogP contribution < -0.4 is 10.1 Å². The Labute approximate surface area is 136 Å². The fourth-order valence-corrected chi connectivity index (χ4v) is 2.35. The molecule has 0 atom stereocenters. The van der Waals surface area contributed by atoms with Crippen LogP contribution in [0.5, 0.6) is 5.75 Å². The third-order valence-corrected chi connectivity index (χ3v) is 3.85. The summed E-state index contributed by atoms with van der Waals surface area (Å²) in [5.74, 6) is 0.900. The van der Waals surface area contributed by atoms with E-state index in [-0.39, 0.29) is 0 Å². The van der Waals surface area contributed by atoms with Gasteiger partial charge in [-0.3, -0.25) is 0 Å². The van der Waals surface area contributed by atoms with E-state index in [0.29, 0.717) is 16.6 Å². The van der Waals surface area contributed by atoms with Gasteiger partial charge in [-0.05, 0) is 48.7 Å². The standard InChI is InChI=1S/C17H19Cl2NO/c1-3-8-21-14-6-4-13(5-7-14)11-20-17-10-15(18)12(2)9-16(17)19/h4-7,9-10,20H,3,8,11H2,1-2H3. The molecule has 0 bridgehead atoms. The lowest BCUT2D eigenvalue weighted by Crippen LogP contribution is -2.01. The smallest absolute Gasteiger partial charge is 0.119 e. The van der Waals surface area contributed by atoms with Crippen LogP contribution >= 0.6 is 23.2 Å². The van der Waals surface area contributed by atoms with E-state index in [1.165, 1.54) is 0 Å². The minimum absolute atomic E-state index is 0.680. The van der Waals surface area contributed by atoms with Gasteiger partial charge in [-0.2, -0.15) is 0 Å². The zero-order valence-corrected chi connectivity index (χ0v) is 13.8. The number of hydrogen-bond acceptors (Lipinski definition) is 2. The summed E-state index contributed by atoms with van der Waals surface area (Å²) in [4.78, 5) is 0. The Bertz CT molecular complexity index is 596. The number of rotatable bonds is 6. The second-order valence-electron chi connectivity index (χ2n) is 4.93. The summed E-state index contributed by atoms with van der Waals surface area (Å²) >= 11 is 12.3. The van der Waals surface area contributed by atoms with Crippen LogP contribution in [0.2, 0.25) is 10.0 Å². The molecule has 0 aliphatic rings. The number of hydrogen-bond donors (Lipinski definition) is 1. The van der Waals surface area contributed by atoms with Crippen LogP contribution in [0, 0.1) is 6.92 Å². The van der Waals surface area contributed by atoms with Crippen molar-refractivity contribution in [3.8, 4) is 5.75 Å². The molecule has 0 spiro atoms. The third kappa shape index (κ3) is 4.55. The third-order valence-electron chi connectivity index (χ3n) is 3.13. The van der Waals surface area contributed by atoms with Crippen LogP contribution in [0.4, 0.5) is 5.69 Å². The van der Waals surface area contributed by atoms with Gasteiger partial charge in [-0.25, -0.2) is 0 Å². The number of ether oxygens (including phenoxy) is 1. The van der Waals surface area contributed by atoms with Crippen molar-refractivity contribution in [2.24, 2.45) is 0 Å². The highest BCUT2D eigenvalue weighted by molar-refractivity contribution is 6.35. The van der Waals surface area contributed by atoms with Gasteiger partial charge in [0.15, 0.2) is 0 Å². The molecule has 2 aromatic carbocycles. The summed E-state index contributed by atoms with van der Waals surface area (Å²) in [5.41, 5.74) is 2.98. The van der Waals surface area contributed by atoms with E-state index in [1.54, 1.807) is 0 Å². The zero-order chi connectivity index (χ0) is 15.2. The van der Waals surface area contributed by atoms with Gasteiger partial charge in [-0.1, -0.05) is 42.3 Å². The predicted octanol–water partition coefficient (Wildman–Crippen LogP) is 5.70. The van der Waals surface area contributed by atoms with Crippen molar-refractivity contribution in [3.63, 3.8) is 0 Å². The molecular formula is C17H19Cl2NO. The first-order valence-electron chi connectivity index (χ1n) is 7.01. The van der Waals surface area contributed by atoms with Gasteiger partial charge >= 0.3 is 0 Å². The molecule has 0 aliphatic heterocycles. The van der Waals surface area contributed by atoms with Crippen LogP contribution in [0.1, 0.15) is 24.5 Å². The maximum atomic E-state index is 6.21. The van der Waals surface area contributed by atoms with Gasteiger partial charge in [0, 0.05) is 11.6 Å². The molecule has 112 valence electrons. The molecule has 1 N–H and O–H groups in total. The molecule has 0 heterocycles. The molecule has 2 rings (SSSR count). The Kier molecular flexibility index (Phi) is 5.77. The Morgan fingerprint density at radius 1 is 1.05 bits per heavy atom. The fraction of sp³-hybridized carbons (Fsp3) is 0.294. The average Bonchev–Trinajstić information content (AvgIpc) is 2.48. The molecular weight excluding hydrogens is 305 g/mol. The molecule has 0 aromatic heterocycles. The van der Waals surface area contributed by atoms with Gasteiger partial charge < -0.3 is 10.1 Å². The van der Waals surface area contributed by atoms with Crippen LogP contribution in [0.15, 0.2) is 36.4 Å². The first-order chi connectivity index (χ1) is 10.1. The fourth-order valence-electron chi connectivity index (χ4n) is 1.90. The first kappa shape index (κ1) is 16.0. The highest BCUT2D eigenvalue weighted by Gasteiger charge is 2.04. The molecule has 2 aromatic rings. The molecule has 2 nitrogen and oxygen atoms in total. The summed E-state index contributed by atoms with van der Waals surface area (Å²) in [6, 6.07) is 11.8. The number of anilines is 1. The first-order valence-corrected chi connectivity index (χ1v) is 7.77. The predicted molar refractivity (Wildman–Crippen MR) is 90.8 cm³/mol. The summed E-state index contributed by atoms with van der Waals surface area (Å²) < 4.78 is 5.56. The van der Waals surface area contributed by atoms with E-state index in [0.717, 1.165) is 35.6 Å². The van der Waals surface area contributed by atoms with E-state index in [2.05, 4.69) is 12.2 Å². The maximum absolute atomic E-state index is 6.21. The zero-order valence-electron chi connectivity index (χ0n) is 12.2. The topological polar surface area (TPSA) is 21.3 Å². The lowest BCUT2D eigenvalue weighted by atomic mass is 10.2. The lowest BCUT2D eigenvalue weighted by Gasteiger charge is -2.11. The van der Waals surface area contributed by atoms with Crippen molar-refractivity contribution in [2.45, 2.75) is 26.8 Å². The Balaban J connectivity index is 1.98. The SMILES string of the molecule is CCCOc1ccc(CNc2cc(Cl)c(C)cc2Cl)cc1. The van der Waals surface area contributed by atoms with Crippen LogP contribution in [-0.2, 0) is 6.54 Å². The van der Waals surface area contributed by atoms with Gasteiger partial charge in [0.25, 0.3) is 0 Å². The summed E-state index contributed by atoms with van der Waals surface area (Å²) in [6.07, 6.45) is 1.01.